The van der Waals surface area contributed by atoms with Gasteiger partial charge >= 0.3 is 0 Å². The van der Waals surface area contributed by atoms with Crippen molar-refractivity contribution in [3.8, 4) is 22.4 Å². The number of rotatable bonds is 2. The molecule has 94 valence electrons. The number of nitrogen functional groups attached to an aromatic ring is 2. The van der Waals surface area contributed by atoms with Crippen LogP contribution in [-0.2, 0) is 0 Å². The van der Waals surface area contributed by atoms with Crippen LogP contribution in [0.3, 0.4) is 0 Å². The van der Waals surface area contributed by atoms with Gasteiger partial charge in [0.25, 0.3) is 0 Å². The lowest BCUT2D eigenvalue weighted by Gasteiger charge is -2.10. The predicted molar refractivity (Wildman–Crippen MR) is 80.5 cm³/mol. The molecule has 3 aromatic rings. The Bertz CT molecular complexity index is 700. The van der Waals surface area contributed by atoms with Crippen LogP contribution in [0.5, 0.6) is 0 Å². The molecule has 2 aromatic carbocycles. The summed E-state index contributed by atoms with van der Waals surface area (Å²) in [6.45, 7) is 0. The lowest BCUT2D eigenvalue weighted by Crippen LogP contribution is -1.91. The van der Waals surface area contributed by atoms with Crippen LogP contribution in [0.25, 0.3) is 22.4 Å². The number of nitrogens with two attached hydrogens (primary N) is 2. The van der Waals surface area contributed by atoms with Crippen molar-refractivity contribution >= 4 is 11.4 Å². The number of anilines is 2. The van der Waals surface area contributed by atoms with Crippen molar-refractivity contribution in [1.82, 2.24) is 4.98 Å². The second-order valence-corrected chi connectivity index (χ2v) is 4.51. The summed E-state index contributed by atoms with van der Waals surface area (Å²) in [5.41, 5.74) is 17.6. The summed E-state index contributed by atoms with van der Waals surface area (Å²) in [5.74, 6) is 0. The first-order valence-electron chi connectivity index (χ1n) is 6.13. The first-order chi connectivity index (χ1) is 9.24. The summed E-state index contributed by atoms with van der Waals surface area (Å²) in [7, 11) is 0. The highest BCUT2D eigenvalue weighted by Crippen LogP contribution is 2.33. The third-order valence-electron chi connectivity index (χ3n) is 3.13. The highest BCUT2D eigenvalue weighted by molar-refractivity contribution is 5.85. The van der Waals surface area contributed by atoms with Gasteiger partial charge in [0.2, 0.25) is 0 Å². The summed E-state index contributed by atoms with van der Waals surface area (Å²) in [4.78, 5) is 3.22. The fourth-order valence-corrected chi connectivity index (χ4v) is 2.24. The van der Waals surface area contributed by atoms with Gasteiger partial charge in [-0.3, -0.25) is 0 Å². The van der Waals surface area contributed by atoms with Gasteiger partial charge in [-0.05, 0) is 47.5 Å². The van der Waals surface area contributed by atoms with Gasteiger partial charge in [0.15, 0.2) is 0 Å². The average Bonchev–Trinajstić information content (AvgIpc) is 2.92. The number of aromatic nitrogens is 1. The second-order valence-electron chi connectivity index (χ2n) is 4.51. The normalized spacial score (nSPS) is 10.5. The number of hydrogen-bond donors (Lipinski definition) is 3. The fourth-order valence-electron chi connectivity index (χ4n) is 2.24. The lowest BCUT2D eigenvalue weighted by atomic mass is 9.97. The molecular formula is C16H15N3. The molecule has 0 fully saturated rings. The highest BCUT2D eigenvalue weighted by atomic mass is 14.7. The van der Waals surface area contributed by atoms with Gasteiger partial charge < -0.3 is 16.5 Å². The van der Waals surface area contributed by atoms with E-state index in [9.17, 15) is 0 Å². The van der Waals surface area contributed by atoms with Gasteiger partial charge in [0.1, 0.15) is 0 Å². The van der Waals surface area contributed by atoms with Crippen molar-refractivity contribution in [1.29, 1.82) is 0 Å². The van der Waals surface area contributed by atoms with Crippen molar-refractivity contribution in [3.63, 3.8) is 0 Å². The first kappa shape index (κ1) is 11.4. The van der Waals surface area contributed by atoms with Crippen molar-refractivity contribution in [2.75, 3.05) is 11.5 Å². The molecule has 0 spiro atoms. The molecule has 3 nitrogen and oxygen atoms in total. The Balaban J connectivity index is 2.21. The molecule has 0 unspecified atom stereocenters. The van der Waals surface area contributed by atoms with E-state index in [4.69, 9.17) is 11.5 Å². The summed E-state index contributed by atoms with van der Waals surface area (Å²) < 4.78 is 0. The molecule has 0 aliphatic heterocycles. The molecule has 5 N–H and O–H groups in total. The SMILES string of the molecule is Nc1cccc(-c2ccc(N)cc2-c2ccc[nH]2)c1. The minimum atomic E-state index is 0.747. The van der Waals surface area contributed by atoms with Crippen molar-refractivity contribution in [2.45, 2.75) is 0 Å². The zero-order valence-corrected chi connectivity index (χ0v) is 10.4. The zero-order valence-electron chi connectivity index (χ0n) is 10.4. The highest BCUT2D eigenvalue weighted by Gasteiger charge is 2.08. The van der Waals surface area contributed by atoms with Gasteiger partial charge in [-0.2, -0.15) is 0 Å². The smallest absolute Gasteiger partial charge is 0.0460 e. The molecule has 1 aromatic heterocycles. The van der Waals surface area contributed by atoms with E-state index in [1.54, 1.807) is 0 Å². The second kappa shape index (κ2) is 4.53. The minimum absolute atomic E-state index is 0.747. The number of hydrogen-bond acceptors (Lipinski definition) is 2. The molecule has 3 heteroatoms. The lowest BCUT2D eigenvalue weighted by molar-refractivity contribution is 1.40. The van der Waals surface area contributed by atoms with E-state index >= 15 is 0 Å². The molecule has 3 rings (SSSR count). The van der Waals surface area contributed by atoms with E-state index < -0.39 is 0 Å². The van der Waals surface area contributed by atoms with E-state index in [2.05, 4.69) is 4.98 Å². The maximum atomic E-state index is 5.90. The molecule has 0 bridgehead atoms. The maximum Gasteiger partial charge on any atom is 0.0460 e. The van der Waals surface area contributed by atoms with Gasteiger partial charge in [0, 0.05) is 28.8 Å². The fraction of sp³-hybridized carbons (Fsp3) is 0. The van der Waals surface area contributed by atoms with Gasteiger partial charge in [-0.25, -0.2) is 0 Å². The van der Waals surface area contributed by atoms with Crippen molar-refractivity contribution in [2.24, 2.45) is 0 Å². The Labute approximate surface area is 111 Å². The maximum absolute atomic E-state index is 5.90. The van der Waals surface area contributed by atoms with Crippen LogP contribution in [0, 0.1) is 0 Å². The number of H-pyrrole nitrogens is 1. The van der Waals surface area contributed by atoms with Crippen molar-refractivity contribution < 1.29 is 0 Å². The summed E-state index contributed by atoms with van der Waals surface area (Å²) >= 11 is 0. The van der Waals surface area contributed by atoms with E-state index in [1.807, 2.05) is 60.8 Å². The molecule has 0 atom stereocenters. The molecule has 1 heterocycles. The number of aromatic amines is 1. The largest absolute Gasteiger partial charge is 0.399 e. The predicted octanol–water partition coefficient (Wildman–Crippen LogP) is 3.51. The van der Waals surface area contributed by atoms with Crippen LogP contribution in [-0.4, -0.2) is 4.98 Å². The Morgan fingerprint density at radius 3 is 2.32 bits per heavy atom. The van der Waals surface area contributed by atoms with Crippen LogP contribution >= 0.6 is 0 Å². The zero-order chi connectivity index (χ0) is 13.2. The van der Waals surface area contributed by atoms with E-state index in [-0.39, 0.29) is 0 Å². The molecule has 19 heavy (non-hydrogen) atoms. The minimum Gasteiger partial charge on any atom is -0.399 e. The molecular weight excluding hydrogens is 234 g/mol. The molecule has 0 radical (unpaired) electrons. The molecule has 0 aliphatic rings. The monoisotopic (exact) mass is 249 g/mol. The average molecular weight is 249 g/mol. The van der Waals surface area contributed by atoms with Crippen LogP contribution in [0.15, 0.2) is 60.8 Å². The first-order valence-corrected chi connectivity index (χ1v) is 6.13. The summed E-state index contributed by atoms with van der Waals surface area (Å²) in [6.07, 6.45) is 1.90. The van der Waals surface area contributed by atoms with Gasteiger partial charge in [-0.15, -0.1) is 0 Å². The van der Waals surface area contributed by atoms with E-state index in [0.29, 0.717) is 0 Å². The quantitative estimate of drug-likeness (QED) is 0.608. The van der Waals surface area contributed by atoms with E-state index in [0.717, 1.165) is 33.8 Å². The molecule has 0 saturated carbocycles. The standard InChI is InChI=1S/C16H15N3/c17-12-4-1-3-11(9-12)14-7-6-13(18)10-15(14)16-5-2-8-19-16/h1-10,19H,17-18H2. The Kier molecular flexibility index (Phi) is 2.72. The van der Waals surface area contributed by atoms with Crippen LogP contribution in [0.4, 0.5) is 11.4 Å². The van der Waals surface area contributed by atoms with E-state index in [1.165, 1.54) is 0 Å². The third-order valence-corrected chi connectivity index (χ3v) is 3.13. The molecule has 0 saturated heterocycles. The Morgan fingerprint density at radius 1 is 0.737 bits per heavy atom. The number of benzene rings is 2. The third kappa shape index (κ3) is 2.18. The molecule has 0 amide bonds. The molecule has 0 aliphatic carbocycles. The van der Waals surface area contributed by atoms with Crippen LogP contribution < -0.4 is 11.5 Å². The van der Waals surface area contributed by atoms with Crippen LogP contribution in [0.1, 0.15) is 0 Å². The topological polar surface area (TPSA) is 67.8 Å². The summed E-state index contributed by atoms with van der Waals surface area (Å²) in [5, 5.41) is 0. The van der Waals surface area contributed by atoms with Gasteiger partial charge in [-0.1, -0.05) is 18.2 Å². The van der Waals surface area contributed by atoms with Crippen LogP contribution in [0.2, 0.25) is 0 Å². The Hall–Kier alpha value is -2.68. The Morgan fingerprint density at radius 2 is 1.58 bits per heavy atom. The van der Waals surface area contributed by atoms with Gasteiger partial charge in [0.05, 0.1) is 0 Å². The van der Waals surface area contributed by atoms with Crippen molar-refractivity contribution in [3.05, 3.63) is 60.8 Å². The summed E-state index contributed by atoms with van der Waals surface area (Å²) in [6, 6.07) is 17.8. The number of nitrogens with one attached hydrogen (secondary N) is 1.